The summed E-state index contributed by atoms with van der Waals surface area (Å²) in [7, 11) is -1.99. The predicted molar refractivity (Wildman–Crippen MR) is 89.4 cm³/mol. The molecule has 0 atom stereocenters. The van der Waals surface area contributed by atoms with E-state index in [0.717, 1.165) is 11.3 Å². The van der Waals surface area contributed by atoms with Crippen LogP contribution in [0.1, 0.15) is 5.69 Å². The molecule has 1 heterocycles. The van der Waals surface area contributed by atoms with Crippen LogP contribution in [-0.2, 0) is 9.84 Å². The fourth-order valence-corrected chi connectivity index (χ4v) is 4.24. The molecule has 23 heavy (non-hydrogen) atoms. The van der Waals surface area contributed by atoms with E-state index in [0.29, 0.717) is 16.2 Å². The number of nitrogens with one attached hydrogen (secondary N) is 1. The number of ether oxygens (including phenoxy) is 1. The Morgan fingerprint density at radius 2 is 1.61 bits per heavy atom. The molecule has 0 saturated heterocycles. The highest BCUT2D eigenvalue weighted by atomic mass is 32.2. The van der Waals surface area contributed by atoms with Crippen molar-refractivity contribution in [1.82, 2.24) is 4.98 Å². The summed E-state index contributed by atoms with van der Waals surface area (Å²) in [4.78, 5) is 3.63. The molecule has 1 aromatic heterocycles. The first kappa shape index (κ1) is 15.4. The Morgan fingerprint density at radius 3 is 2.22 bits per heavy atom. The van der Waals surface area contributed by atoms with Crippen LogP contribution in [0.2, 0.25) is 0 Å². The molecular weight excluding hydrogens is 310 g/mol. The van der Waals surface area contributed by atoms with Gasteiger partial charge in [0.1, 0.15) is 5.75 Å². The quantitative estimate of drug-likeness (QED) is 0.792. The number of sulfone groups is 1. The van der Waals surface area contributed by atoms with Gasteiger partial charge in [-0.1, -0.05) is 30.3 Å². The third kappa shape index (κ3) is 2.75. The Balaban J connectivity index is 2.16. The fraction of sp³-hybridized carbons (Fsp3) is 0.111. The molecule has 0 amide bonds. The van der Waals surface area contributed by atoms with Crippen LogP contribution >= 0.6 is 0 Å². The first-order valence-electron chi connectivity index (χ1n) is 7.16. The van der Waals surface area contributed by atoms with Crippen molar-refractivity contribution < 1.29 is 13.2 Å². The zero-order chi connectivity index (χ0) is 16.4. The van der Waals surface area contributed by atoms with Gasteiger partial charge in [-0.25, -0.2) is 8.42 Å². The highest BCUT2D eigenvalue weighted by Gasteiger charge is 2.25. The van der Waals surface area contributed by atoms with Crippen molar-refractivity contribution in [3.8, 4) is 16.9 Å². The molecule has 0 fully saturated rings. The molecule has 118 valence electrons. The third-order valence-corrected chi connectivity index (χ3v) is 5.70. The lowest BCUT2D eigenvalue weighted by atomic mass is 10.1. The van der Waals surface area contributed by atoms with Gasteiger partial charge in [0.15, 0.2) is 0 Å². The molecule has 3 aromatic rings. The molecule has 0 bridgehead atoms. The predicted octanol–water partition coefficient (Wildman–Crippen LogP) is 3.83. The van der Waals surface area contributed by atoms with Crippen molar-refractivity contribution in [3.63, 3.8) is 0 Å². The summed E-state index contributed by atoms with van der Waals surface area (Å²) in [6, 6.07) is 15.8. The van der Waals surface area contributed by atoms with Gasteiger partial charge in [0.25, 0.3) is 0 Å². The van der Waals surface area contributed by atoms with Crippen LogP contribution in [0.5, 0.6) is 5.75 Å². The van der Waals surface area contributed by atoms with Crippen molar-refractivity contribution >= 4 is 9.84 Å². The molecule has 0 unspecified atom stereocenters. The number of aryl methyl sites for hydroxylation is 1. The highest BCUT2D eigenvalue weighted by molar-refractivity contribution is 7.91. The summed E-state index contributed by atoms with van der Waals surface area (Å²) in [5.41, 5.74) is 2.11. The molecule has 0 saturated carbocycles. The number of hydrogen-bond acceptors (Lipinski definition) is 3. The number of H-pyrrole nitrogens is 1. The minimum atomic E-state index is -3.58. The molecule has 0 aliphatic heterocycles. The lowest BCUT2D eigenvalue weighted by molar-refractivity contribution is 0.415. The van der Waals surface area contributed by atoms with E-state index in [-0.39, 0.29) is 4.90 Å². The van der Waals surface area contributed by atoms with Crippen LogP contribution < -0.4 is 4.74 Å². The van der Waals surface area contributed by atoms with Crippen LogP contribution in [0.3, 0.4) is 0 Å². The molecular formula is C18H17NO3S. The monoisotopic (exact) mass is 327 g/mol. The number of rotatable bonds is 4. The van der Waals surface area contributed by atoms with E-state index in [1.165, 1.54) is 0 Å². The minimum absolute atomic E-state index is 0.289. The van der Waals surface area contributed by atoms with E-state index in [9.17, 15) is 8.42 Å². The molecule has 3 rings (SSSR count). The van der Waals surface area contributed by atoms with Gasteiger partial charge in [0.05, 0.1) is 16.9 Å². The standard InChI is InChI=1S/C18H17NO3S/c1-13-18(23(20,21)16-6-4-3-5-7-16)17(12-19-13)14-8-10-15(22-2)11-9-14/h3-12,19H,1-2H3. The molecule has 0 radical (unpaired) electrons. The molecule has 5 heteroatoms. The highest BCUT2D eigenvalue weighted by Crippen LogP contribution is 2.34. The summed E-state index contributed by atoms with van der Waals surface area (Å²) in [6.07, 6.45) is 1.73. The topological polar surface area (TPSA) is 59.2 Å². The molecule has 1 N–H and O–H groups in total. The summed E-state index contributed by atoms with van der Waals surface area (Å²) in [6.45, 7) is 1.77. The fourth-order valence-electron chi connectivity index (χ4n) is 2.56. The second kappa shape index (κ2) is 5.93. The molecule has 0 aliphatic carbocycles. The number of aromatic amines is 1. The lowest BCUT2D eigenvalue weighted by Gasteiger charge is -2.08. The van der Waals surface area contributed by atoms with Crippen LogP contribution in [0.4, 0.5) is 0 Å². The maximum absolute atomic E-state index is 13.0. The maximum Gasteiger partial charge on any atom is 0.208 e. The Labute approximate surface area is 135 Å². The molecule has 2 aromatic carbocycles. The van der Waals surface area contributed by atoms with Gasteiger partial charge >= 0.3 is 0 Å². The van der Waals surface area contributed by atoms with E-state index in [1.54, 1.807) is 50.6 Å². The summed E-state index contributed by atoms with van der Waals surface area (Å²) < 4.78 is 31.1. The lowest BCUT2D eigenvalue weighted by Crippen LogP contribution is -2.04. The third-order valence-electron chi connectivity index (χ3n) is 3.74. The number of benzene rings is 2. The zero-order valence-corrected chi connectivity index (χ0v) is 13.7. The van der Waals surface area contributed by atoms with Crippen molar-refractivity contribution in [3.05, 3.63) is 66.5 Å². The van der Waals surface area contributed by atoms with Gasteiger partial charge < -0.3 is 9.72 Å². The first-order chi connectivity index (χ1) is 11.0. The molecule has 4 nitrogen and oxygen atoms in total. The van der Waals surface area contributed by atoms with E-state index in [2.05, 4.69) is 4.98 Å². The summed E-state index contributed by atoms with van der Waals surface area (Å²) in [5.74, 6) is 0.730. The normalized spacial score (nSPS) is 11.4. The van der Waals surface area contributed by atoms with Gasteiger partial charge in [-0.2, -0.15) is 0 Å². The van der Waals surface area contributed by atoms with Crippen molar-refractivity contribution in [2.45, 2.75) is 16.7 Å². The maximum atomic E-state index is 13.0. The summed E-state index contributed by atoms with van der Waals surface area (Å²) in [5, 5.41) is 0. The van der Waals surface area contributed by atoms with E-state index < -0.39 is 9.84 Å². The smallest absolute Gasteiger partial charge is 0.208 e. The van der Waals surface area contributed by atoms with Gasteiger partial charge in [0.2, 0.25) is 9.84 Å². The van der Waals surface area contributed by atoms with Gasteiger partial charge in [0, 0.05) is 17.5 Å². The number of methoxy groups -OCH3 is 1. The van der Waals surface area contributed by atoms with Crippen molar-refractivity contribution in [2.24, 2.45) is 0 Å². The average molecular weight is 327 g/mol. The Kier molecular flexibility index (Phi) is 3.96. The molecule has 0 aliphatic rings. The number of hydrogen-bond donors (Lipinski definition) is 1. The van der Waals surface area contributed by atoms with Crippen molar-refractivity contribution in [1.29, 1.82) is 0 Å². The Bertz CT molecular complexity index is 911. The summed E-state index contributed by atoms with van der Waals surface area (Å²) >= 11 is 0. The average Bonchev–Trinajstić information content (AvgIpc) is 2.98. The number of aromatic nitrogens is 1. The van der Waals surface area contributed by atoms with E-state index >= 15 is 0 Å². The van der Waals surface area contributed by atoms with Crippen molar-refractivity contribution in [2.75, 3.05) is 7.11 Å². The van der Waals surface area contributed by atoms with Gasteiger partial charge in [-0.3, -0.25) is 0 Å². The van der Waals surface area contributed by atoms with Crippen LogP contribution in [0.15, 0.2) is 70.6 Å². The Hall–Kier alpha value is -2.53. The van der Waals surface area contributed by atoms with Crippen LogP contribution in [-0.4, -0.2) is 20.5 Å². The van der Waals surface area contributed by atoms with Crippen LogP contribution in [0.25, 0.3) is 11.1 Å². The van der Waals surface area contributed by atoms with Gasteiger partial charge in [-0.05, 0) is 36.8 Å². The largest absolute Gasteiger partial charge is 0.497 e. The minimum Gasteiger partial charge on any atom is -0.497 e. The van der Waals surface area contributed by atoms with Crippen LogP contribution in [0, 0.1) is 6.92 Å². The van der Waals surface area contributed by atoms with E-state index in [4.69, 9.17) is 4.74 Å². The zero-order valence-electron chi connectivity index (χ0n) is 12.9. The first-order valence-corrected chi connectivity index (χ1v) is 8.65. The molecule has 0 spiro atoms. The Morgan fingerprint density at radius 1 is 0.957 bits per heavy atom. The van der Waals surface area contributed by atoms with Gasteiger partial charge in [-0.15, -0.1) is 0 Å². The second-order valence-corrected chi connectivity index (χ2v) is 7.09. The second-order valence-electron chi connectivity index (χ2n) is 5.20. The van der Waals surface area contributed by atoms with E-state index in [1.807, 2.05) is 24.3 Å². The SMILES string of the molecule is COc1ccc(-c2c[nH]c(C)c2S(=O)(=O)c2ccccc2)cc1.